The average Bonchev–Trinajstić information content (AvgIpc) is 2.66. The van der Waals surface area contributed by atoms with Gasteiger partial charge in [0.2, 0.25) is 0 Å². The number of Topliss-reactive ketones (excluding diaryl/α,β-unsaturated/α-hetero) is 1. The SMILES string of the molecule is CC1(C)CC[C@@]2(C)CC=C3[C@](C)(CC[C@@H]4[C@]5(C)CCC(=O)C(C)(C)[C@H]5CC[C@@]34C)[C@@H]2C1. The number of ketones is 1. The highest BCUT2D eigenvalue weighted by atomic mass is 16.1. The van der Waals surface area contributed by atoms with Crippen LogP contribution in [-0.4, -0.2) is 5.78 Å². The van der Waals surface area contributed by atoms with E-state index < -0.39 is 0 Å². The van der Waals surface area contributed by atoms with Crippen LogP contribution >= 0.6 is 0 Å². The molecule has 31 heavy (non-hydrogen) atoms. The second-order valence-electron chi connectivity index (χ2n) is 15.1. The van der Waals surface area contributed by atoms with Gasteiger partial charge in [0.15, 0.2) is 0 Å². The molecule has 174 valence electrons. The van der Waals surface area contributed by atoms with Crippen molar-refractivity contribution >= 4 is 5.78 Å². The van der Waals surface area contributed by atoms with Crippen molar-refractivity contribution in [3.8, 4) is 0 Å². The third-order valence-electron chi connectivity index (χ3n) is 12.5. The predicted molar refractivity (Wildman–Crippen MR) is 130 cm³/mol. The van der Waals surface area contributed by atoms with E-state index in [1.165, 1.54) is 51.4 Å². The van der Waals surface area contributed by atoms with Gasteiger partial charge < -0.3 is 0 Å². The van der Waals surface area contributed by atoms with Crippen molar-refractivity contribution in [2.45, 2.75) is 120 Å². The summed E-state index contributed by atoms with van der Waals surface area (Å²) in [4.78, 5) is 12.9. The van der Waals surface area contributed by atoms with Crippen LogP contribution in [0.25, 0.3) is 0 Å². The standard InChI is InChI=1S/C30H48O/c1-25(2)17-18-27(5)13-9-21-29(7)14-10-20-26(3,4)24(31)12-16-28(20,6)22(29)11-15-30(21,8)23(27)19-25/h9,20,22-23H,10-19H2,1-8H3/t20-,22-,23-,27-,28-,29+,30+/m1/s1. The van der Waals surface area contributed by atoms with Crippen LogP contribution < -0.4 is 0 Å². The van der Waals surface area contributed by atoms with E-state index in [0.29, 0.717) is 38.8 Å². The van der Waals surface area contributed by atoms with E-state index in [0.717, 1.165) is 24.7 Å². The second-order valence-corrected chi connectivity index (χ2v) is 15.1. The zero-order chi connectivity index (χ0) is 22.7. The quantitative estimate of drug-likeness (QED) is 0.357. The summed E-state index contributed by atoms with van der Waals surface area (Å²) in [6.45, 7) is 20.1. The topological polar surface area (TPSA) is 17.1 Å². The van der Waals surface area contributed by atoms with Gasteiger partial charge in [-0.25, -0.2) is 0 Å². The molecule has 4 fully saturated rings. The molecule has 0 saturated heterocycles. The minimum Gasteiger partial charge on any atom is -0.299 e. The molecule has 0 aromatic heterocycles. The Kier molecular flexibility index (Phi) is 4.51. The fourth-order valence-electron chi connectivity index (χ4n) is 10.7. The van der Waals surface area contributed by atoms with Crippen LogP contribution in [0.15, 0.2) is 11.6 Å². The molecule has 0 aliphatic heterocycles. The molecular formula is C30H48O. The van der Waals surface area contributed by atoms with Crippen molar-refractivity contribution in [3.05, 3.63) is 11.6 Å². The number of fused-ring (bicyclic) bond motifs is 7. The maximum atomic E-state index is 12.9. The van der Waals surface area contributed by atoms with Crippen molar-refractivity contribution in [3.63, 3.8) is 0 Å². The molecule has 0 unspecified atom stereocenters. The molecule has 1 nitrogen and oxygen atoms in total. The Morgan fingerprint density at radius 2 is 1.35 bits per heavy atom. The predicted octanol–water partition coefficient (Wildman–Crippen LogP) is 8.38. The van der Waals surface area contributed by atoms with Gasteiger partial charge in [-0.05, 0) is 103 Å². The third-order valence-corrected chi connectivity index (χ3v) is 12.5. The molecule has 0 spiro atoms. The molecule has 0 bridgehead atoms. The molecule has 5 rings (SSSR count). The molecule has 0 radical (unpaired) electrons. The monoisotopic (exact) mass is 424 g/mol. The Balaban J connectivity index is 1.56. The minimum atomic E-state index is -0.137. The van der Waals surface area contributed by atoms with Crippen LogP contribution in [0.1, 0.15) is 120 Å². The number of rotatable bonds is 0. The normalized spacial score (nSPS) is 52.8. The Hall–Kier alpha value is -0.590. The molecule has 0 amide bonds. The van der Waals surface area contributed by atoms with E-state index in [-0.39, 0.29) is 5.41 Å². The van der Waals surface area contributed by atoms with Crippen molar-refractivity contribution in [2.75, 3.05) is 0 Å². The van der Waals surface area contributed by atoms with Crippen molar-refractivity contribution in [1.29, 1.82) is 0 Å². The van der Waals surface area contributed by atoms with Gasteiger partial charge in [0.05, 0.1) is 0 Å². The van der Waals surface area contributed by atoms with E-state index in [1.807, 2.05) is 5.57 Å². The number of carbonyl (C=O) groups excluding carboxylic acids is 1. The molecule has 5 aliphatic rings. The number of hydrogen-bond donors (Lipinski definition) is 0. The fraction of sp³-hybridized carbons (Fsp3) is 0.900. The fourth-order valence-corrected chi connectivity index (χ4v) is 10.7. The van der Waals surface area contributed by atoms with Gasteiger partial charge in [0.1, 0.15) is 5.78 Å². The van der Waals surface area contributed by atoms with Gasteiger partial charge >= 0.3 is 0 Å². The summed E-state index contributed by atoms with van der Waals surface area (Å²) in [6, 6.07) is 0. The van der Waals surface area contributed by atoms with Gasteiger partial charge in [-0.15, -0.1) is 0 Å². The van der Waals surface area contributed by atoms with Crippen LogP contribution in [0, 0.1) is 50.2 Å². The Labute approximate surface area is 192 Å². The van der Waals surface area contributed by atoms with Crippen molar-refractivity contribution in [2.24, 2.45) is 50.2 Å². The summed E-state index contributed by atoms with van der Waals surface area (Å²) in [6.07, 6.45) is 15.5. The lowest BCUT2D eigenvalue weighted by atomic mass is 9.35. The zero-order valence-electron chi connectivity index (χ0n) is 21.8. The van der Waals surface area contributed by atoms with Gasteiger partial charge in [0.25, 0.3) is 0 Å². The summed E-state index contributed by atoms with van der Waals surface area (Å²) in [5, 5.41) is 0. The van der Waals surface area contributed by atoms with E-state index >= 15 is 0 Å². The lowest BCUT2D eigenvalue weighted by Gasteiger charge is -2.69. The van der Waals surface area contributed by atoms with Crippen LogP contribution in [0.4, 0.5) is 0 Å². The molecule has 5 aliphatic carbocycles. The Morgan fingerprint density at radius 1 is 0.742 bits per heavy atom. The average molecular weight is 425 g/mol. The first kappa shape index (κ1) is 22.2. The lowest BCUT2D eigenvalue weighted by molar-refractivity contribution is -0.168. The second kappa shape index (κ2) is 6.29. The molecule has 0 heterocycles. The van der Waals surface area contributed by atoms with Crippen LogP contribution in [0.3, 0.4) is 0 Å². The van der Waals surface area contributed by atoms with Gasteiger partial charge in [0, 0.05) is 11.8 Å². The van der Waals surface area contributed by atoms with Crippen LogP contribution in [0.2, 0.25) is 0 Å². The van der Waals surface area contributed by atoms with Crippen LogP contribution in [0.5, 0.6) is 0 Å². The summed E-state index contributed by atoms with van der Waals surface area (Å²) < 4.78 is 0. The molecular weight excluding hydrogens is 376 g/mol. The summed E-state index contributed by atoms with van der Waals surface area (Å²) in [5.41, 5.74) is 3.73. The smallest absolute Gasteiger partial charge is 0.138 e. The molecule has 7 atom stereocenters. The van der Waals surface area contributed by atoms with Crippen molar-refractivity contribution < 1.29 is 4.79 Å². The summed E-state index contributed by atoms with van der Waals surface area (Å²) >= 11 is 0. The van der Waals surface area contributed by atoms with E-state index in [2.05, 4.69) is 61.5 Å². The first-order valence-electron chi connectivity index (χ1n) is 13.4. The minimum absolute atomic E-state index is 0.137. The number of allylic oxidation sites excluding steroid dienone is 2. The first-order chi connectivity index (χ1) is 14.2. The molecule has 0 N–H and O–H groups in total. The maximum absolute atomic E-state index is 12.9. The van der Waals surface area contributed by atoms with E-state index in [1.54, 1.807) is 0 Å². The maximum Gasteiger partial charge on any atom is 0.138 e. The highest BCUT2D eigenvalue weighted by molar-refractivity contribution is 5.85. The summed E-state index contributed by atoms with van der Waals surface area (Å²) in [5.74, 6) is 2.66. The third kappa shape index (κ3) is 2.76. The summed E-state index contributed by atoms with van der Waals surface area (Å²) in [7, 11) is 0. The molecule has 1 heteroatoms. The molecule has 4 saturated carbocycles. The van der Waals surface area contributed by atoms with E-state index in [9.17, 15) is 4.79 Å². The van der Waals surface area contributed by atoms with E-state index in [4.69, 9.17) is 0 Å². The zero-order valence-corrected chi connectivity index (χ0v) is 21.8. The Morgan fingerprint density at radius 3 is 2.03 bits per heavy atom. The van der Waals surface area contributed by atoms with Crippen LogP contribution in [-0.2, 0) is 4.79 Å². The highest BCUT2D eigenvalue weighted by Gasteiger charge is 2.66. The van der Waals surface area contributed by atoms with Gasteiger partial charge in [-0.1, -0.05) is 67.0 Å². The molecule has 0 aromatic rings. The Bertz CT molecular complexity index is 831. The first-order valence-corrected chi connectivity index (χ1v) is 13.4. The largest absolute Gasteiger partial charge is 0.299 e. The van der Waals surface area contributed by atoms with Gasteiger partial charge in [-0.2, -0.15) is 0 Å². The lowest BCUT2D eigenvalue weighted by Crippen LogP contribution is -2.62. The number of carbonyl (C=O) groups is 1. The van der Waals surface area contributed by atoms with Gasteiger partial charge in [-0.3, -0.25) is 4.79 Å². The number of hydrogen-bond acceptors (Lipinski definition) is 1. The van der Waals surface area contributed by atoms with Crippen molar-refractivity contribution in [1.82, 2.24) is 0 Å². The highest BCUT2D eigenvalue weighted by Crippen LogP contribution is 2.74. The molecule has 0 aromatic carbocycles.